The average Bonchev–Trinajstić information content (AvgIpc) is 3.35. The fourth-order valence-electron chi connectivity index (χ4n) is 3.79. The Morgan fingerprint density at radius 3 is 2.96 bits per heavy atom. The van der Waals surface area contributed by atoms with Crippen molar-refractivity contribution in [2.24, 2.45) is 0 Å². The Labute approximate surface area is 155 Å². The van der Waals surface area contributed by atoms with Crippen molar-refractivity contribution in [1.82, 2.24) is 29.8 Å². The van der Waals surface area contributed by atoms with Crippen LogP contribution in [0.5, 0.6) is 0 Å². The van der Waals surface area contributed by atoms with Crippen molar-refractivity contribution in [3.63, 3.8) is 0 Å². The van der Waals surface area contributed by atoms with Crippen molar-refractivity contribution in [3.8, 4) is 0 Å². The normalized spacial score (nSPS) is 17.7. The van der Waals surface area contributed by atoms with Gasteiger partial charge in [0.05, 0.1) is 18.8 Å². The maximum atomic E-state index is 12.7. The van der Waals surface area contributed by atoms with Crippen molar-refractivity contribution < 1.29 is 9.59 Å². The van der Waals surface area contributed by atoms with Crippen LogP contribution in [0.25, 0.3) is 10.9 Å². The second-order valence-electron chi connectivity index (χ2n) is 7.25. The Morgan fingerprint density at radius 2 is 2.15 bits per heavy atom. The molecular formula is C19H20N6O2. The number of benzene rings is 1. The minimum atomic E-state index is 0.0392. The van der Waals surface area contributed by atoms with E-state index >= 15 is 0 Å². The summed E-state index contributed by atoms with van der Waals surface area (Å²) in [5, 5.41) is 9.42. The van der Waals surface area contributed by atoms with Gasteiger partial charge in [-0.25, -0.2) is 4.68 Å². The van der Waals surface area contributed by atoms with E-state index in [1.807, 2.05) is 51.1 Å². The molecule has 5 rings (SSSR count). The van der Waals surface area contributed by atoms with Crippen molar-refractivity contribution in [1.29, 1.82) is 0 Å². The van der Waals surface area contributed by atoms with Crippen LogP contribution in [0.3, 0.4) is 0 Å². The minimum absolute atomic E-state index is 0.0392. The second-order valence-corrected chi connectivity index (χ2v) is 7.25. The van der Waals surface area contributed by atoms with Crippen LogP contribution in [0.15, 0.2) is 36.7 Å². The third-order valence-corrected chi connectivity index (χ3v) is 5.41. The molecule has 0 unspecified atom stereocenters. The average molecular weight is 364 g/mol. The molecular weight excluding hydrogens is 344 g/mol. The van der Waals surface area contributed by atoms with Gasteiger partial charge in [-0.3, -0.25) is 9.59 Å². The summed E-state index contributed by atoms with van der Waals surface area (Å²) < 4.78 is 1.81. The van der Waals surface area contributed by atoms with Crippen LogP contribution in [-0.2, 0) is 11.3 Å². The number of nitrogens with one attached hydrogen (secondary N) is 1. The molecule has 2 saturated heterocycles. The quantitative estimate of drug-likeness (QED) is 0.761. The summed E-state index contributed by atoms with van der Waals surface area (Å²) in [6, 6.07) is 7.81. The number of carbonyl (C=O) groups is 2. The van der Waals surface area contributed by atoms with Crippen molar-refractivity contribution in [2.45, 2.75) is 25.4 Å². The maximum Gasteiger partial charge on any atom is 0.254 e. The van der Waals surface area contributed by atoms with Crippen LogP contribution in [0.4, 0.5) is 0 Å². The smallest absolute Gasteiger partial charge is 0.254 e. The number of likely N-dealkylation sites (tertiary alicyclic amines) is 2. The summed E-state index contributed by atoms with van der Waals surface area (Å²) in [5.74, 6) is 0.224. The van der Waals surface area contributed by atoms with Gasteiger partial charge in [-0.2, -0.15) is 0 Å². The van der Waals surface area contributed by atoms with E-state index < -0.39 is 0 Å². The summed E-state index contributed by atoms with van der Waals surface area (Å²) in [6.45, 7) is 2.55. The minimum Gasteiger partial charge on any atom is -0.361 e. The molecule has 27 heavy (non-hydrogen) atoms. The lowest BCUT2D eigenvalue weighted by Gasteiger charge is -2.38. The molecule has 0 atom stereocenters. The van der Waals surface area contributed by atoms with Crippen LogP contribution < -0.4 is 0 Å². The van der Waals surface area contributed by atoms with E-state index in [1.54, 1.807) is 0 Å². The van der Waals surface area contributed by atoms with E-state index in [0.717, 1.165) is 29.6 Å². The third kappa shape index (κ3) is 2.87. The Kier molecular flexibility index (Phi) is 3.70. The molecule has 1 N–H and O–H groups in total. The number of H-pyrrole nitrogens is 1. The van der Waals surface area contributed by atoms with Crippen LogP contribution in [-0.4, -0.2) is 61.2 Å². The predicted molar refractivity (Wildman–Crippen MR) is 97.9 cm³/mol. The van der Waals surface area contributed by atoms with Gasteiger partial charge in [-0.15, -0.1) is 5.10 Å². The van der Waals surface area contributed by atoms with E-state index in [1.165, 1.54) is 0 Å². The third-order valence-electron chi connectivity index (χ3n) is 5.41. The number of nitrogens with zero attached hydrogens (tertiary/aromatic N) is 5. The number of hydrogen-bond acceptors (Lipinski definition) is 4. The molecule has 0 aliphatic carbocycles. The van der Waals surface area contributed by atoms with Crippen molar-refractivity contribution >= 4 is 22.7 Å². The zero-order valence-electron chi connectivity index (χ0n) is 14.8. The number of rotatable bonds is 4. The number of hydrogen-bond donors (Lipinski definition) is 1. The van der Waals surface area contributed by atoms with Gasteiger partial charge in [0.2, 0.25) is 5.91 Å². The molecule has 8 heteroatoms. The van der Waals surface area contributed by atoms with Crippen LogP contribution >= 0.6 is 0 Å². The van der Waals surface area contributed by atoms with Gasteiger partial charge in [0, 0.05) is 48.7 Å². The van der Waals surface area contributed by atoms with E-state index in [-0.39, 0.29) is 17.9 Å². The fraction of sp³-hybridized carbons (Fsp3) is 0.368. The number of amides is 2. The highest BCUT2D eigenvalue weighted by molar-refractivity contribution is 5.98. The number of aromatic nitrogens is 4. The molecule has 2 aromatic heterocycles. The molecule has 1 aromatic carbocycles. The van der Waals surface area contributed by atoms with Crippen LogP contribution in [0.1, 0.15) is 34.9 Å². The highest BCUT2D eigenvalue weighted by atomic mass is 16.2. The van der Waals surface area contributed by atoms with E-state index in [0.29, 0.717) is 31.6 Å². The second kappa shape index (κ2) is 6.22. The summed E-state index contributed by atoms with van der Waals surface area (Å²) in [6.07, 6.45) is 5.31. The molecule has 4 heterocycles. The Morgan fingerprint density at radius 1 is 1.26 bits per heavy atom. The summed E-state index contributed by atoms with van der Waals surface area (Å²) in [7, 11) is 0. The Balaban J connectivity index is 1.21. The molecule has 2 amide bonds. The first-order chi connectivity index (χ1) is 13.2. The zero-order chi connectivity index (χ0) is 18.4. The standard InChI is InChI=1S/C19H20N6O2/c26-18-2-1-7-23(18)9-15-10-25(22-21-15)16-11-24(12-16)19(27)14-3-4-17-13(8-14)5-6-20-17/h3-6,8,10,16,20H,1-2,7,9,11-12H2. The molecule has 0 spiro atoms. The number of aromatic amines is 1. The van der Waals surface area contributed by atoms with Gasteiger partial charge < -0.3 is 14.8 Å². The Bertz CT molecular complexity index is 1020. The topological polar surface area (TPSA) is 87.1 Å². The van der Waals surface area contributed by atoms with Gasteiger partial charge in [0.1, 0.15) is 5.69 Å². The highest BCUT2D eigenvalue weighted by Crippen LogP contribution is 2.24. The van der Waals surface area contributed by atoms with Gasteiger partial charge in [0.25, 0.3) is 5.91 Å². The first-order valence-electron chi connectivity index (χ1n) is 9.22. The van der Waals surface area contributed by atoms with Crippen molar-refractivity contribution in [3.05, 3.63) is 47.9 Å². The maximum absolute atomic E-state index is 12.7. The summed E-state index contributed by atoms with van der Waals surface area (Å²) in [5.41, 5.74) is 2.53. The fourth-order valence-corrected chi connectivity index (χ4v) is 3.79. The van der Waals surface area contributed by atoms with E-state index in [2.05, 4.69) is 15.3 Å². The molecule has 0 radical (unpaired) electrons. The zero-order valence-corrected chi connectivity index (χ0v) is 14.8. The van der Waals surface area contributed by atoms with Gasteiger partial charge in [0.15, 0.2) is 0 Å². The molecule has 2 aliphatic heterocycles. The summed E-state index contributed by atoms with van der Waals surface area (Å²) in [4.78, 5) is 31.2. The lowest BCUT2D eigenvalue weighted by atomic mass is 10.1. The largest absolute Gasteiger partial charge is 0.361 e. The molecule has 2 fully saturated rings. The molecule has 2 aliphatic rings. The predicted octanol–water partition coefficient (Wildman–Crippen LogP) is 1.58. The highest BCUT2D eigenvalue weighted by Gasteiger charge is 2.33. The first kappa shape index (κ1) is 16.0. The number of carbonyl (C=O) groups excluding carboxylic acids is 2. The molecule has 0 saturated carbocycles. The molecule has 138 valence electrons. The van der Waals surface area contributed by atoms with Crippen LogP contribution in [0.2, 0.25) is 0 Å². The lowest BCUT2D eigenvalue weighted by Crippen LogP contribution is -2.50. The van der Waals surface area contributed by atoms with Gasteiger partial charge in [-0.1, -0.05) is 5.21 Å². The first-order valence-corrected chi connectivity index (χ1v) is 9.22. The van der Waals surface area contributed by atoms with E-state index in [9.17, 15) is 9.59 Å². The number of fused-ring (bicyclic) bond motifs is 1. The summed E-state index contributed by atoms with van der Waals surface area (Å²) >= 11 is 0. The SMILES string of the molecule is O=C1CCCN1Cc1cn(C2CN(C(=O)c3ccc4[nH]ccc4c3)C2)nn1. The molecule has 8 nitrogen and oxygen atoms in total. The molecule has 0 bridgehead atoms. The Hall–Kier alpha value is -3.16. The van der Waals surface area contributed by atoms with Gasteiger partial charge >= 0.3 is 0 Å². The van der Waals surface area contributed by atoms with E-state index in [4.69, 9.17) is 0 Å². The molecule has 3 aromatic rings. The monoisotopic (exact) mass is 364 g/mol. The van der Waals surface area contributed by atoms with Gasteiger partial charge in [-0.05, 0) is 30.7 Å². The van der Waals surface area contributed by atoms with Crippen LogP contribution in [0, 0.1) is 0 Å². The lowest BCUT2D eigenvalue weighted by molar-refractivity contribution is -0.128. The van der Waals surface area contributed by atoms with Crippen molar-refractivity contribution in [2.75, 3.05) is 19.6 Å².